The molecule has 1 saturated heterocycles. The van der Waals surface area contributed by atoms with Crippen molar-refractivity contribution in [2.45, 2.75) is 63.0 Å². The third kappa shape index (κ3) is 7.64. The summed E-state index contributed by atoms with van der Waals surface area (Å²) in [7, 11) is 0. The van der Waals surface area contributed by atoms with Crippen LogP contribution in [-0.2, 0) is 28.7 Å². The molecule has 1 saturated carbocycles. The Bertz CT molecular complexity index is 1540. The largest absolute Gasteiger partial charge is 0.450 e. The molecule has 1 aromatic heterocycles. The summed E-state index contributed by atoms with van der Waals surface area (Å²) in [6.07, 6.45) is -0.809. The van der Waals surface area contributed by atoms with E-state index in [4.69, 9.17) is 20.0 Å². The number of rotatable bonds is 11. The van der Waals surface area contributed by atoms with Crippen LogP contribution >= 0.6 is 11.3 Å². The molecule has 0 radical (unpaired) electrons. The molecule has 3 amide bonds. The summed E-state index contributed by atoms with van der Waals surface area (Å²) in [6.45, 7) is 5.27. The maximum atomic E-state index is 13.5. The number of β-lactam (4-membered cyclic amide) rings is 1. The highest BCUT2D eigenvalue weighted by molar-refractivity contribution is 7.14. The van der Waals surface area contributed by atoms with E-state index in [0.29, 0.717) is 12.8 Å². The zero-order chi connectivity index (χ0) is 32.2. The summed E-state index contributed by atoms with van der Waals surface area (Å²) < 4.78 is 11.3. The summed E-state index contributed by atoms with van der Waals surface area (Å²) in [5, 5.41) is 13.4. The minimum Gasteiger partial charge on any atom is -0.450 e. The van der Waals surface area contributed by atoms with E-state index < -0.39 is 53.3 Å². The lowest BCUT2D eigenvalue weighted by molar-refractivity contribution is -0.164. The van der Waals surface area contributed by atoms with Crippen LogP contribution in [0.3, 0.4) is 0 Å². The van der Waals surface area contributed by atoms with E-state index in [-0.39, 0.29) is 23.1 Å². The first-order valence-corrected chi connectivity index (χ1v) is 15.2. The predicted octanol–water partition coefficient (Wildman–Crippen LogP) is 3.02. The fourth-order valence-corrected chi connectivity index (χ4v) is 5.11. The first-order valence-electron chi connectivity index (χ1n) is 14.3. The molecule has 2 atom stereocenters. The third-order valence-corrected chi connectivity index (χ3v) is 7.70. The molecule has 2 aliphatic rings. The highest BCUT2D eigenvalue weighted by Gasteiger charge is 2.56. The number of thiazole rings is 1. The Kier molecular flexibility index (Phi) is 9.16. The smallest absolute Gasteiger partial charge is 0.413 e. The fourth-order valence-electron chi connectivity index (χ4n) is 4.43. The normalized spacial score (nSPS) is 18.7. The van der Waals surface area contributed by atoms with Crippen LogP contribution < -0.4 is 21.7 Å². The van der Waals surface area contributed by atoms with Gasteiger partial charge in [0.05, 0.1) is 6.04 Å². The number of benzene rings is 2. The van der Waals surface area contributed by atoms with Crippen molar-refractivity contribution in [1.29, 1.82) is 0 Å². The molecule has 5 N–H and O–H groups in total. The van der Waals surface area contributed by atoms with Gasteiger partial charge in [-0.15, -0.1) is 11.3 Å². The maximum absolute atomic E-state index is 13.5. The number of esters is 1. The SMILES string of the molecule is CC(C)(C)OC(=O)Nc1nc(C(=NOC2(C(=O)OC(c3ccccc3)c3ccccc3)CC2)C(=O)N[C@@H]2C(=O)N[C@H]2CN)cs1. The van der Waals surface area contributed by atoms with Crippen LogP contribution in [0.15, 0.2) is 71.2 Å². The Hall–Kier alpha value is -4.82. The van der Waals surface area contributed by atoms with Gasteiger partial charge >= 0.3 is 12.1 Å². The number of carbonyl (C=O) groups is 4. The molecule has 2 fully saturated rings. The van der Waals surface area contributed by atoms with E-state index in [1.54, 1.807) is 20.8 Å². The lowest BCUT2D eigenvalue weighted by Gasteiger charge is -2.36. The second-order valence-corrected chi connectivity index (χ2v) is 12.5. The number of hydrogen-bond acceptors (Lipinski definition) is 11. The van der Waals surface area contributed by atoms with Crippen molar-refractivity contribution in [3.05, 3.63) is 82.9 Å². The average molecular weight is 635 g/mol. The number of aromatic nitrogens is 1. The lowest BCUT2D eigenvalue weighted by atomic mass is 9.99. The van der Waals surface area contributed by atoms with Crippen molar-refractivity contribution in [1.82, 2.24) is 15.6 Å². The molecule has 3 aromatic rings. The number of carbonyl (C=O) groups excluding carboxylic acids is 4. The Morgan fingerprint density at radius 2 is 1.71 bits per heavy atom. The van der Waals surface area contributed by atoms with Gasteiger partial charge in [0.15, 0.2) is 16.9 Å². The third-order valence-electron chi connectivity index (χ3n) is 6.94. The Morgan fingerprint density at radius 1 is 1.09 bits per heavy atom. The standard InChI is InChI=1S/C31H34N6O7S/c1-30(2,3)43-29(41)36-28-34-21(17-45-28)23(26(39)35-22-20(16-32)33-25(22)38)37-44-31(14-15-31)27(40)42-24(18-10-6-4-7-11-18)19-12-8-5-9-13-19/h4-13,17,20,22,24H,14-16,32H2,1-3H3,(H,33,38)(H,35,39)(H,34,36,41)/t20-,22-/m0/s1. The van der Waals surface area contributed by atoms with Gasteiger partial charge in [-0.3, -0.25) is 14.9 Å². The second kappa shape index (κ2) is 13.0. The van der Waals surface area contributed by atoms with E-state index in [1.165, 1.54) is 5.38 Å². The first kappa shape index (κ1) is 31.6. The van der Waals surface area contributed by atoms with E-state index in [2.05, 4.69) is 26.1 Å². The van der Waals surface area contributed by atoms with Crippen molar-refractivity contribution < 1.29 is 33.5 Å². The summed E-state index contributed by atoms with van der Waals surface area (Å²) in [6, 6.07) is 17.3. The van der Waals surface area contributed by atoms with E-state index >= 15 is 0 Å². The van der Waals surface area contributed by atoms with Gasteiger partial charge in [0.1, 0.15) is 17.3 Å². The van der Waals surface area contributed by atoms with E-state index in [1.807, 2.05) is 60.7 Å². The highest BCUT2D eigenvalue weighted by Crippen LogP contribution is 2.43. The van der Waals surface area contributed by atoms with Crippen molar-refractivity contribution in [3.8, 4) is 0 Å². The van der Waals surface area contributed by atoms with E-state index in [9.17, 15) is 19.2 Å². The molecule has 2 aromatic carbocycles. The molecule has 0 bridgehead atoms. The second-order valence-electron chi connectivity index (χ2n) is 11.6. The highest BCUT2D eigenvalue weighted by atomic mass is 32.1. The quantitative estimate of drug-likeness (QED) is 0.107. The first-order chi connectivity index (χ1) is 21.5. The van der Waals surface area contributed by atoms with Gasteiger partial charge in [0.25, 0.3) is 5.91 Å². The van der Waals surface area contributed by atoms with Crippen molar-refractivity contribution in [3.63, 3.8) is 0 Å². The minimum atomic E-state index is -1.42. The van der Waals surface area contributed by atoms with E-state index in [0.717, 1.165) is 22.5 Å². The number of hydrogen-bond donors (Lipinski definition) is 4. The molecule has 1 aliphatic carbocycles. The molecule has 236 valence electrons. The van der Waals surface area contributed by atoms with Crippen LogP contribution in [0.5, 0.6) is 0 Å². The Balaban J connectivity index is 1.37. The summed E-state index contributed by atoms with van der Waals surface area (Å²) >= 11 is 1.02. The number of oxime groups is 1. The fraction of sp³-hybridized carbons (Fsp3) is 0.355. The van der Waals surface area contributed by atoms with Gasteiger partial charge in [0.2, 0.25) is 11.5 Å². The molecule has 0 unspecified atom stereocenters. The van der Waals surface area contributed by atoms with Gasteiger partial charge in [-0.1, -0.05) is 65.8 Å². The zero-order valence-corrected chi connectivity index (χ0v) is 25.8. The number of nitrogens with two attached hydrogens (primary N) is 1. The summed E-state index contributed by atoms with van der Waals surface area (Å²) in [5.74, 6) is -1.83. The van der Waals surface area contributed by atoms with Crippen LogP contribution in [0.1, 0.15) is 56.5 Å². The van der Waals surface area contributed by atoms with Crippen LogP contribution in [0.25, 0.3) is 0 Å². The molecular weight excluding hydrogens is 600 g/mol. The van der Waals surface area contributed by atoms with Crippen LogP contribution in [0.2, 0.25) is 0 Å². The van der Waals surface area contributed by atoms with Gasteiger partial charge in [-0.25, -0.2) is 14.6 Å². The van der Waals surface area contributed by atoms with Crippen LogP contribution in [0, 0.1) is 0 Å². The van der Waals surface area contributed by atoms with Crippen molar-refractivity contribution in [2.24, 2.45) is 10.9 Å². The number of ether oxygens (including phenoxy) is 2. The van der Waals surface area contributed by atoms with Gasteiger partial charge in [-0.05, 0) is 31.9 Å². The lowest BCUT2D eigenvalue weighted by Crippen LogP contribution is -2.71. The average Bonchev–Trinajstić information content (AvgIpc) is 3.67. The van der Waals surface area contributed by atoms with Crippen LogP contribution in [0.4, 0.5) is 9.93 Å². The predicted molar refractivity (Wildman–Crippen MR) is 165 cm³/mol. The number of amides is 3. The minimum absolute atomic E-state index is 0.0446. The maximum Gasteiger partial charge on any atom is 0.413 e. The number of anilines is 1. The molecule has 0 spiro atoms. The molecule has 2 heterocycles. The van der Waals surface area contributed by atoms with Gasteiger partial charge in [0, 0.05) is 24.8 Å². The van der Waals surface area contributed by atoms with Gasteiger partial charge in [-0.2, -0.15) is 0 Å². The number of nitrogens with zero attached hydrogens (tertiary/aromatic N) is 2. The molecule has 5 rings (SSSR count). The topological polar surface area (TPSA) is 183 Å². The Morgan fingerprint density at radius 3 is 2.24 bits per heavy atom. The number of nitrogens with one attached hydrogen (secondary N) is 3. The van der Waals surface area contributed by atoms with Gasteiger partial charge < -0.3 is 30.7 Å². The molecular formula is C31H34N6O7S. The summed E-state index contributed by atoms with van der Waals surface area (Å²) in [4.78, 5) is 61.4. The molecule has 13 nitrogen and oxygen atoms in total. The molecule has 1 aliphatic heterocycles. The van der Waals surface area contributed by atoms with Crippen molar-refractivity contribution >= 4 is 46.1 Å². The van der Waals surface area contributed by atoms with Crippen molar-refractivity contribution in [2.75, 3.05) is 11.9 Å². The molecule has 45 heavy (non-hydrogen) atoms. The summed E-state index contributed by atoms with van der Waals surface area (Å²) in [5.41, 5.74) is 4.82. The molecule has 14 heteroatoms. The van der Waals surface area contributed by atoms with Crippen LogP contribution in [-0.4, -0.2) is 64.4 Å². The zero-order valence-electron chi connectivity index (χ0n) is 24.9. The monoisotopic (exact) mass is 634 g/mol. The Labute approximate surface area is 263 Å².